The molecular formula is C48H36N6S. The van der Waals surface area contributed by atoms with Gasteiger partial charge in [0.15, 0.2) is 0 Å². The first kappa shape index (κ1) is 36.3. The van der Waals surface area contributed by atoms with Crippen molar-refractivity contribution in [2.75, 3.05) is 0 Å². The van der Waals surface area contributed by atoms with Gasteiger partial charge in [-0.2, -0.15) is 0 Å². The first-order chi connectivity index (χ1) is 27.1. The summed E-state index contributed by atoms with van der Waals surface area (Å²) in [5, 5.41) is 0. The molecule has 6 nitrogen and oxygen atoms in total. The fourth-order valence-electron chi connectivity index (χ4n) is 5.20. The van der Waals surface area contributed by atoms with Gasteiger partial charge in [-0.15, -0.1) is 12.6 Å². The number of para-hydroxylation sites is 1. The maximum absolute atomic E-state index is 4.63. The van der Waals surface area contributed by atoms with Crippen molar-refractivity contribution in [3.63, 3.8) is 0 Å². The van der Waals surface area contributed by atoms with E-state index in [4.69, 9.17) is 0 Å². The van der Waals surface area contributed by atoms with Crippen LogP contribution in [0.15, 0.2) is 211 Å². The van der Waals surface area contributed by atoms with E-state index in [9.17, 15) is 0 Å². The molecule has 0 saturated carbocycles. The van der Waals surface area contributed by atoms with Gasteiger partial charge >= 0.3 is 0 Å². The fourth-order valence-corrected chi connectivity index (χ4v) is 5.35. The average Bonchev–Trinajstić information content (AvgIpc) is 3.25. The molecule has 0 atom stereocenters. The van der Waals surface area contributed by atoms with Crippen LogP contribution in [0.5, 0.6) is 0 Å². The molecule has 0 unspecified atom stereocenters. The van der Waals surface area contributed by atoms with Crippen LogP contribution >= 0.6 is 12.6 Å². The van der Waals surface area contributed by atoms with Crippen LogP contribution in [-0.2, 0) is 0 Å². The van der Waals surface area contributed by atoms with Crippen LogP contribution in [0.2, 0.25) is 0 Å². The highest BCUT2D eigenvalue weighted by Gasteiger charge is 1.97. The van der Waals surface area contributed by atoms with Crippen molar-refractivity contribution >= 4 is 84.0 Å². The predicted molar refractivity (Wildman–Crippen MR) is 236 cm³/mol. The molecule has 0 radical (unpaired) electrons. The number of aliphatic imine (C=N–C) groups is 6. The lowest BCUT2D eigenvalue weighted by molar-refractivity contribution is 1.43. The SMILES string of the molecule is Sc1ccc(N=Cc2ccc(C=Nc3ccc(N=Cc4ccc(C=Nc5ccc(N=Cc6ccc(C=Nc7ccccc7)cc6)cc5)cc4)cc3)cc2)cc1. The van der Waals surface area contributed by atoms with E-state index in [1.807, 2.05) is 213 Å². The third kappa shape index (κ3) is 11.4. The Labute approximate surface area is 326 Å². The van der Waals surface area contributed by atoms with Gasteiger partial charge in [0.25, 0.3) is 0 Å². The third-order valence-corrected chi connectivity index (χ3v) is 8.59. The first-order valence-corrected chi connectivity index (χ1v) is 18.1. The Balaban J connectivity index is 0.863. The van der Waals surface area contributed by atoms with Crippen molar-refractivity contribution in [3.8, 4) is 0 Å². The van der Waals surface area contributed by atoms with Crippen LogP contribution in [0.4, 0.5) is 34.1 Å². The van der Waals surface area contributed by atoms with E-state index in [0.717, 1.165) is 72.4 Å². The van der Waals surface area contributed by atoms with Crippen molar-refractivity contribution < 1.29 is 0 Å². The molecule has 0 bridgehead atoms. The van der Waals surface area contributed by atoms with Crippen molar-refractivity contribution in [3.05, 3.63) is 209 Å². The number of rotatable bonds is 12. The zero-order chi connectivity index (χ0) is 37.5. The molecule has 7 rings (SSSR count). The van der Waals surface area contributed by atoms with Gasteiger partial charge in [0.05, 0.1) is 34.1 Å². The maximum atomic E-state index is 4.63. The zero-order valence-corrected chi connectivity index (χ0v) is 30.7. The molecule has 0 spiro atoms. The van der Waals surface area contributed by atoms with Crippen LogP contribution in [-0.4, -0.2) is 37.3 Å². The second-order valence-corrected chi connectivity index (χ2v) is 13.0. The standard InChI is InChI=1S/C48H36N6S/c55-48-28-26-47(27-29-48)54-35-41-16-14-40(15-17-41)34-53-46-24-22-45(23-25-46)52-33-39-12-10-38(11-13-39)32-51-44-20-18-43(19-21-44)50-31-37-8-6-36(7-9-37)30-49-42-4-2-1-3-5-42/h1-35,55H. The smallest absolute Gasteiger partial charge is 0.0631 e. The van der Waals surface area contributed by atoms with E-state index in [0.29, 0.717) is 0 Å². The molecule has 0 amide bonds. The molecular weight excluding hydrogens is 693 g/mol. The Hall–Kier alpha value is -7.09. The molecule has 0 saturated heterocycles. The summed E-state index contributed by atoms with van der Waals surface area (Å²) in [5.74, 6) is 0. The predicted octanol–water partition coefficient (Wildman–Crippen LogP) is 12.5. The maximum Gasteiger partial charge on any atom is 0.0631 e. The zero-order valence-electron chi connectivity index (χ0n) is 29.8. The Morgan fingerprint density at radius 1 is 0.236 bits per heavy atom. The Morgan fingerprint density at radius 3 is 0.673 bits per heavy atom. The molecule has 7 aromatic carbocycles. The van der Waals surface area contributed by atoms with Gasteiger partial charge in [-0.3, -0.25) is 30.0 Å². The number of thiol groups is 1. The van der Waals surface area contributed by atoms with E-state index in [1.165, 1.54) is 0 Å². The lowest BCUT2D eigenvalue weighted by Crippen LogP contribution is -1.85. The van der Waals surface area contributed by atoms with Gasteiger partial charge in [-0.1, -0.05) is 91.0 Å². The van der Waals surface area contributed by atoms with Crippen LogP contribution in [0.3, 0.4) is 0 Å². The molecule has 0 aliphatic rings. The van der Waals surface area contributed by atoms with Crippen LogP contribution in [0.25, 0.3) is 0 Å². The number of nitrogens with zero attached hydrogens (tertiary/aromatic N) is 6. The summed E-state index contributed by atoms with van der Waals surface area (Å²) < 4.78 is 0. The first-order valence-electron chi connectivity index (χ1n) is 17.7. The lowest BCUT2D eigenvalue weighted by atomic mass is 10.1. The molecule has 55 heavy (non-hydrogen) atoms. The minimum Gasteiger partial charge on any atom is -0.256 e. The van der Waals surface area contributed by atoms with E-state index in [1.54, 1.807) is 0 Å². The number of hydrogen-bond donors (Lipinski definition) is 1. The van der Waals surface area contributed by atoms with E-state index in [2.05, 4.69) is 42.6 Å². The summed E-state index contributed by atoms with van der Waals surface area (Å²) in [6, 6.07) is 57.7. The lowest BCUT2D eigenvalue weighted by Gasteiger charge is -1.99. The molecule has 0 heterocycles. The molecule has 0 fully saturated rings. The summed E-state index contributed by atoms with van der Waals surface area (Å²) in [4.78, 5) is 28.4. The second kappa shape index (κ2) is 18.6. The highest BCUT2D eigenvalue weighted by Crippen LogP contribution is 2.21. The topological polar surface area (TPSA) is 74.2 Å². The van der Waals surface area contributed by atoms with Gasteiger partial charge in [0, 0.05) is 42.2 Å². The van der Waals surface area contributed by atoms with Gasteiger partial charge < -0.3 is 0 Å². The summed E-state index contributed by atoms with van der Waals surface area (Å²) >= 11 is 4.31. The summed E-state index contributed by atoms with van der Waals surface area (Å²) in [6.07, 6.45) is 11.1. The van der Waals surface area contributed by atoms with Gasteiger partial charge in [0.2, 0.25) is 0 Å². The molecule has 0 aliphatic heterocycles. The minimum atomic E-state index is 0.854. The van der Waals surface area contributed by atoms with Crippen molar-refractivity contribution in [1.82, 2.24) is 0 Å². The summed E-state index contributed by atoms with van der Waals surface area (Å²) in [5.41, 5.74) is 11.3. The number of hydrogen-bond acceptors (Lipinski definition) is 7. The quantitative estimate of drug-likeness (QED) is 0.0961. The van der Waals surface area contributed by atoms with E-state index in [-0.39, 0.29) is 0 Å². The average molecular weight is 729 g/mol. The number of benzene rings is 7. The second-order valence-electron chi connectivity index (χ2n) is 12.4. The van der Waals surface area contributed by atoms with Crippen LogP contribution in [0, 0.1) is 0 Å². The molecule has 7 heteroatoms. The van der Waals surface area contributed by atoms with Gasteiger partial charge in [-0.25, -0.2) is 0 Å². The molecule has 7 aromatic rings. The molecule has 0 aromatic heterocycles. The highest BCUT2D eigenvalue weighted by molar-refractivity contribution is 7.80. The van der Waals surface area contributed by atoms with Crippen LogP contribution in [0.1, 0.15) is 33.4 Å². The largest absolute Gasteiger partial charge is 0.256 e. The normalized spacial score (nSPS) is 12.0. The fraction of sp³-hybridized carbons (Fsp3) is 0. The minimum absolute atomic E-state index is 0.854. The monoisotopic (exact) mass is 728 g/mol. The van der Waals surface area contributed by atoms with Gasteiger partial charge in [-0.05, 0) is 118 Å². The third-order valence-electron chi connectivity index (χ3n) is 8.29. The summed E-state index contributed by atoms with van der Waals surface area (Å²) in [6.45, 7) is 0. The Morgan fingerprint density at radius 2 is 0.436 bits per heavy atom. The van der Waals surface area contributed by atoms with Crippen molar-refractivity contribution in [2.45, 2.75) is 4.90 Å². The molecule has 0 aliphatic carbocycles. The van der Waals surface area contributed by atoms with Crippen molar-refractivity contribution in [2.24, 2.45) is 30.0 Å². The Kier molecular flexibility index (Phi) is 12.3. The Bertz CT molecular complexity index is 2470. The van der Waals surface area contributed by atoms with Gasteiger partial charge in [0.1, 0.15) is 0 Å². The molecule has 0 N–H and O–H groups in total. The van der Waals surface area contributed by atoms with Crippen molar-refractivity contribution in [1.29, 1.82) is 0 Å². The highest BCUT2D eigenvalue weighted by atomic mass is 32.1. The molecule has 264 valence electrons. The van der Waals surface area contributed by atoms with E-state index >= 15 is 0 Å². The van der Waals surface area contributed by atoms with Crippen LogP contribution < -0.4 is 0 Å². The van der Waals surface area contributed by atoms with E-state index < -0.39 is 0 Å². The summed E-state index contributed by atoms with van der Waals surface area (Å²) in [7, 11) is 0.